The lowest BCUT2D eigenvalue weighted by molar-refractivity contribution is -0.274. The normalized spacial score (nSPS) is 19.4. The fourth-order valence-corrected chi connectivity index (χ4v) is 14.1. The number of rotatable bonds is 20. The topological polar surface area (TPSA) is 223 Å². The van der Waals surface area contributed by atoms with Crippen molar-refractivity contribution in [3.63, 3.8) is 0 Å². The van der Waals surface area contributed by atoms with Gasteiger partial charge in [0.05, 0.1) is 44.2 Å². The van der Waals surface area contributed by atoms with Gasteiger partial charge in [0.1, 0.15) is 33.9 Å². The molecule has 602 valence electrons. The van der Waals surface area contributed by atoms with Crippen LogP contribution >= 0.6 is 0 Å². The van der Waals surface area contributed by atoms with E-state index in [1.54, 1.807) is 40.9 Å². The van der Waals surface area contributed by atoms with Crippen LogP contribution in [-0.4, -0.2) is 199 Å². The average Bonchev–Trinajstić information content (AvgIpc) is 1.66. The van der Waals surface area contributed by atoms with Gasteiger partial charge in [-0.05, 0) is 124 Å². The predicted molar refractivity (Wildman–Crippen MR) is 381 cm³/mol. The number of fused-ring (bicyclic) bond motifs is 1. The molecule has 0 atom stereocenters. The van der Waals surface area contributed by atoms with Gasteiger partial charge in [-0.1, -0.05) is 20.6 Å². The molecule has 4 fully saturated rings. The fraction of sp³-hybridized carbons (Fsp3) is 0.584. The van der Waals surface area contributed by atoms with Crippen LogP contribution in [0, 0.1) is 0 Å². The van der Waals surface area contributed by atoms with Crippen molar-refractivity contribution >= 4 is 46.5 Å². The number of hydrogen-bond donors (Lipinski definition) is 0. The van der Waals surface area contributed by atoms with Crippen LogP contribution in [0.4, 0.5) is 48.3 Å². The number of likely N-dealkylation sites (tertiary alicyclic amines) is 4. The Morgan fingerprint density at radius 1 is 0.373 bits per heavy atom. The minimum atomic E-state index is -4.75. The summed E-state index contributed by atoms with van der Waals surface area (Å²) in [6.07, 6.45) is 0.227. The Morgan fingerprint density at radius 2 is 0.664 bits per heavy atom. The van der Waals surface area contributed by atoms with Crippen molar-refractivity contribution in [2.45, 2.75) is 209 Å². The van der Waals surface area contributed by atoms with Crippen molar-refractivity contribution in [1.29, 1.82) is 0 Å². The number of ether oxygens (including phenoxy) is 6. The Labute approximate surface area is 630 Å². The second kappa shape index (κ2) is 34.5. The van der Waals surface area contributed by atoms with E-state index in [4.69, 9.17) is 43.0 Å². The molecule has 33 heteroatoms. The van der Waals surface area contributed by atoms with Gasteiger partial charge >= 0.3 is 6.36 Å². The minimum absolute atomic E-state index is 0.120. The Bertz CT molecular complexity index is 3980. The van der Waals surface area contributed by atoms with Crippen molar-refractivity contribution < 1.29 is 115 Å². The van der Waals surface area contributed by atoms with Gasteiger partial charge < -0.3 is 67.4 Å². The molecule has 9 aliphatic heterocycles. The van der Waals surface area contributed by atoms with Gasteiger partial charge in [0, 0.05) is 192 Å². The number of piperidine rings is 4. The third-order valence-electron chi connectivity index (χ3n) is 20.8. The van der Waals surface area contributed by atoms with Gasteiger partial charge in [-0.25, -0.2) is 35.1 Å². The summed E-state index contributed by atoms with van der Waals surface area (Å²) >= 11 is 0. The number of alkyl halides is 11. The highest BCUT2D eigenvalue weighted by molar-refractivity contribution is 6.04. The number of hydrogen-bond acceptors (Lipinski definition) is 18. The van der Waals surface area contributed by atoms with E-state index < -0.39 is 72.5 Å². The van der Waals surface area contributed by atoms with Crippen molar-refractivity contribution in [1.82, 2.24) is 19.6 Å². The molecule has 22 nitrogen and oxygen atoms in total. The first kappa shape index (κ1) is 83.1. The quantitative estimate of drug-likeness (QED) is 0.0751. The summed E-state index contributed by atoms with van der Waals surface area (Å²) in [5.74, 6) is -9.12. The second-order valence-electron chi connectivity index (χ2n) is 29.7. The van der Waals surface area contributed by atoms with E-state index in [0.29, 0.717) is 158 Å². The summed E-state index contributed by atoms with van der Waals surface area (Å²) in [4.78, 5) is 77.9. The molecule has 4 saturated heterocycles. The molecule has 0 unspecified atom stereocenters. The van der Waals surface area contributed by atoms with Gasteiger partial charge in [0.2, 0.25) is 54.1 Å². The number of oxime groups is 4. The molecule has 0 saturated carbocycles. The molecule has 0 aliphatic carbocycles. The number of amides is 4. The SMILES string of the molecule is CC(F)(F)CCC(=O)N1CCC2(CC1)CC(c1ccc(OC(F)(F)F)cc1)=NO2.CC(F)(F)CCC(=O)N1CCC2(CC1)CC(c1ccc3c(c1)OCO3)=NO2.COc1ccc(C2=NOC3(CCN(C(=O)CCC(C)(F)F)CC3)C2)cc1.COc1ccc(C2=NOC3(CCN(C(=O)CCC(C)(F)F)CC3)C2)cc1OC. The number of methoxy groups -OCH3 is 3. The molecule has 0 radical (unpaired) electrons. The Balaban J connectivity index is 0.000000156. The minimum Gasteiger partial charge on any atom is -0.497 e. The second-order valence-corrected chi connectivity index (χ2v) is 29.7. The number of carbonyl (C=O) groups excluding carboxylic acids is 4. The molecule has 0 aromatic heterocycles. The van der Waals surface area contributed by atoms with Gasteiger partial charge in [0.25, 0.3) is 0 Å². The predicted octanol–water partition coefficient (Wildman–Crippen LogP) is 15.1. The van der Waals surface area contributed by atoms with E-state index in [9.17, 15) is 67.5 Å². The molecular formula is C77H93F11N8O14. The van der Waals surface area contributed by atoms with Crippen LogP contribution in [0.3, 0.4) is 0 Å². The van der Waals surface area contributed by atoms with Gasteiger partial charge in [-0.15, -0.1) is 13.2 Å². The zero-order valence-corrected chi connectivity index (χ0v) is 62.5. The smallest absolute Gasteiger partial charge is 0.497 e. The van der Waals surface area contributed by atoms with E-state index in [-0.39, 0.29) is 67.5 Å². The zero-order valence-electron chi connectivity index (χ0n) is 62.5. The molecule has 0 N–H and O–H groups in total. The monoisotopic (exact) mass is 1560 g/mol. The summed E-state index contributed by atoms with van der Waals surface area (Å²) in [5.41, 5.74) is 4.79. The third kappa shape index (κ3) is 23.1. The highest BCUT2D eigenvalue weighted by Crippen LogP contribution is 2.43. The summed E-state index contributed by atoms with van der Waals surface area (Å²) in [6.45, 7) is 7.30. The van der Waals surface area contributed by atoms with Crippen LogP contribution in [0.1, 0.15) is 178 Å². The molecule has 4 aromatic rings. The Kier molecular flexibility index (Phi) is 26.1. The van der Waals surface area contributed by atoms with Crippen molar-refractivity contribution in [2.24, 2.45) is 20.6 Å². The average molecular weight is 1560 g/mol. The summed E-state index contributed by atoms with van der Waals surface area (Å²) < 4.78 is 171. The van der Waals surface area contributed by atoms with Crippen molar-refractivity contribution in [3.05, 3.63) is 107 Å². The van der Waals surface area contributed by atoms with E-state index in [1.807, 2.05) is 60.7 Å². The van der Waals surface area contributed by atoms with Crippen LogP contribution in [0.2, 0.25) is 0 Å². The highest BCUT2D eigenvalue weighted by Gasteiger charge is 2.48. The highest BCUT2D eigenvalue weighted by atomic mass is 19.4. The Hall–Kier alpha value is -9.33. The van der Waals surface area contributed by atoms with E-state index in [1.165, 1.54) is 24.3 Å². The van der Waals surface area contributed by atoms with Gasteiger partial charge in [-0.2, -0.15) is 0 Å². The van der Waals surface area contributed by atoms with E-state index in [0.717, 1.165) is 73.0 Å². The first-order valence-corrected chi connectivity index (χ1v) is 36.6. The Morgan fingerprint density at radius 3 is 0.973 bits per heavy atom. The number of carbonyl (C=O) groups is 4. The lowest BCUT2D eigenvalue weighted by Gasteiger charge is -2.37. The number of benzene rings is 4. The lowest BCUT2D eigenvalue weighted by atomic mass is 9.85. The maximum atomic E-state index is 13.0. The summed E-state index contributed by atoms with van der Waals surface area (Å²) in [6, 6.07) is 24.3. The first-order chi connectivity index (χ1) is 51.8. The van der Waals surface area contributed by atoms with Gasteiger partial charge in [0.15, 0.2) is 23.0 Å². The molecule has 0 bridgehead atoms. The molecule has 4 amide bonds. The first-order valence-electron chi connectivity index (χ1n) is 36.6. The van der Waals surface area contributed by atoms with Crippen LogP contribution in [0.5, 0.6) is 34.5 Å². The van der Waals surface area contributed by atoms with Crippen molar-refractivity contribution in [3.8, 4) is 34.5 Å². The van der Waals surface area contributed by atoms with Crippen molar-refractivity contribution in [2.75, 3.05) is 80.5 Å². The largest absolute Gasteiger partial charge is 0.573 e. The molecule has 110 heavy (non-hydrogen) atoms. The number of nitrogens with zero attached hydrogens (tertiary/aromatic N) is 8. The third-order valence-corrected chi connectivity index (χ3v) is 20.8. The standard InChI is InChI=1S/C20H26F2N2O4.C19H21F5N2O3.C19H22F2N2O4.C19H24F2N2O3/c1-19(21,22)7-6-18(25)24-10-8-20(9-11-24)13-15(23-28-20)14-4-5-16(26-2)17(12-14)27-3;1-17(20,21)7-6-16(27)26-10-8-18(9-11-26)12-15(25-29-18)13-2-4-14(5-3-13)28-19(22,23)24;1-18(20,21)5-4-17(24)23-8-6-19(7-9-23)11-14(22-27-19)13-2-3-15-16(10-13)26-12-25-15;1-18(20,21)8-7-17(24)23-11-9-19(10-12-23)13-16(22-26-19)14-3-5-15(25-2)6-4-14/h4-5,12H,6-11,13H2,1-3H3;2-5H,6-12H2,1H3;2-3,10H,4-9,11-12H2,1H3;3-6H,7-13H2,1-2H3. The maximum Gasteiger partial charge on any atom is 0.573 e. The van der Waals surface area contributed by atoms with Crippen LogP contribution < -0.4 is 28.4 Å². The maximum absolute atomic E-state index is 13.0. The molecule has 4 spiro atoms. The van der Waals surface area contributed by atoms with Crippen LogP contribution in [0.25, 0.3) is 0 Å². The van der Waals surface area contributed by atoms with Gasteiger partial charge in [-0.3, -0.25) is 19.2 Å². The van der Waals surface area contributed by atoms with Crippen LogP contribution in [0.15, 0.2) is 106 Å². The fourth-order valence-electron chi connectivity index (χ4n) is 14.1. The molecule has 4 aromatic carbocycles. The number of halogens is 11. The summed E-state index contributed by atoms with van der Waals surface area (Å²) in [5, 5.41) is 16.9. The molecule has 13 rings (SSSR count). The molecule has 9 heterocycles. The van der Waals surface area contributed by atoms with E-state index >= 15 is 0 Å². The van der Waals surface area contributed by atoms with Crippen LogP contribution in [-0.2, 0) is 38.5 Å². The molecule has 9 aliphatic rings. The summed E-state index contributed by atoms with van der Waals surface area (Å²) in [7, 11) is 4.79. The lowest BCUT2D eigenvalue weighted by Crippen LogP contribution is -2.47. The molecular weight excluding hydrogens is 1470 g/mol. The van der Waals surface area contributed by atoms with E-state index in [2.05, 4.69) is 25.4 Å². The zero-order chi connectivity index (χ0) is 79.5.